The number of nitrogens with one attached hydrogen (secondary N) is 1. The number of carbonyl (C=O) groups is 3. The minimum Gasteiger partial charge on any atom is -0.479 e. The highest BCUT2D eigenvalue weighted by atomic mass is 16.5. The van der Waals surface area contributed by atoms with Gasteiger partial charge in [-0.1, -0.05) is 6.07 Å². The number of carbonyl (C=O) groups excluding carboxylic acids is 1. The minimum absolute atomic E-state index is 0.0436. The van der Waals surface area contributed by atoms with Gasteiger partial charge in [0.05, 0.1) is 6.54 Å². The first-order valence-corrected chi connectivity index (χ1v) is 9.89. The Balaban J connectivity index is 2.13. The van der Waals surface area contributed by atoms with Gasteiger partial charge in [0.25, 0.3) is 0 Å². The van der Waals surface area contributed by atoms with Crippen LogP contribution in [0.25, 0.3) is 0 Å². The zero-order chi connectivity index (χ0) is 23.7. The molecule has 0 radical (unpaired) electrons. The van der Waals surface area contributed by atoms with E-state index < -0.39 is 25.2 Å². The number of aliphatic carboxylic acids is 2. The van der Waals surface area contributed by atoms with Gasteiger partial charge < -0.3 is 25.0 Å². The summed E-state index contributed by atoms with van der Waals surface area (Å²) < 4.78 is 10.6. The van der Waals surface area contributed by atoms with Crippen LogP contribution in [0.3, 0.4) is 0 Å². The molecule has 0 atom stereocenters. The molecule has 0 fully saturated rings. The van der Waals surface area contributed by atoms with Gasteiger partial charge in [0, 0.05) is 30.4 Å². The third-order valence-corrected chi connectivity index (χ3v) is 4.53. The predicted molar refractivity (Wildman–Crippen MR) is 117 cm³/mol. The van der Waals surface area contributed by atoms with Crippen molar-refractivity contribution in [3.8, 4) is 11.5 Å². The summed E-state index contributed by atoms with van der Waals surface area (Å²) in [5.74, 6) is -1.70. The third-order valence-electron chi connectivity index (χ3n) is 4.53. The number of aromatic nitrogens is 1. The van der Waals surface area contributed by atoms with Crippen LogP contribution in [0.1, 0.15) is 21.5 Å². The van der Waals surface area contributed by atoms with Crippen molar-refractivity contribution in [3.05, 3.63) is 47.2 Å². The number of pyridine rings is 1. The van der Waals surface area contributed by atoms with Crippen molar-refractivity contribution in [1.82, 2.24) is 9.88 Å². The molecule has 0 amide bonds. The summed E-state index contributed by atoms with van der Waals surface area (Å²) in [5, 5.41) is 21.0. The van der Waals surface area contributed by atoms with Crippen LogP contribution in [-0.2, 0) is 9.59 Å². The first-order valence-electron chi connectivity index (χ1n) is 9.89. The highest BCUT2D eigenvalue weighted by molar-refractivity contribution is 6.01. The average Bonchev–Trinajstić information content (AvgIpc) is 2.72. The maximum absolute atomic E-state index is 13.0. The number of ketones is 1. The first-order chi connectivity index (χ1) is 15.2. The van der Waals surface area contributed by atoms with E-state index in [1.54, 1.807) is 20.0 Å². The van der Waals surface area contributed by atoms with E-state index in [2.05, 4.69) is 10.3 Å². The van der Waals surface area contributed by atoms with Gasteiger partial charge in [-0.25, -0.2) is 14.6 Å². The second-order valence-corrected chi connectivity index (χ2v) is 7.19. The lowest BCUT2D eigenvalue weighted by atomic mass is 9.97. The Labute approximate surface area is 185 Å². The minimum atomic E-state index is -1.21. The van der Waals surface area contributed by atoms with Crippen LogP contribution in [0.2, 0.25) is 0 Å². The van der Waals surface area contributed by atoms with E-state index in [4.69, 9.17) is 19.7 Å². The largest absolute Gasteiger partial charge is 0.479 e. The summed E-state index contributed by atoms with van der Waals surface area (Å²) >= 11 is 0. The number of aryl methyl sites for hydroxylation is 1. The maximum Gasteiger partial charge on any atom is 0.341 e. The monoisotopic (exact) mass is 445 g/mol. The number of rotatable bonds is 13. The smallest absolute Gasteiger partial charge is 0.341 e. The molecule has 32 heavy (non-hydrogen) atoms. The van der Waals surface area contributed by atoms with E-state index in [9.17, 15) is 14.4 Å². The molecule has 0 saturated carbocycles. The van der Waals surface area contributed by atoms with E-state index >= 15 is 0 Å². The molecule has 1 aromatic heterocycles. The number of nitrogens with zero attached hydrogens (tertiary/aromatic N) is 2. The third kappa shape index (κ3) is 7.24. The van der Waals surface area contributed by atoms with E-state index in [0.717, 1.165) is 5.82 Å². The lowest BCUT2D eigenvalue weighted by molar-refractivity contribution is -0.140. The SMILES string of the molecule is Cc1cc(OCC(=O)O)c(OCC(=O)O)c(C)c1C(=O)CN(C)CCNc1ccccn1. The van der Waals surface area contributed by atoms with Crippen molar-refractivity contribution in [1.29, 1.82) is 0 Å². The van der Waals surface area contributed by atoms with Crippen LogP contribution in [0.15, 0.2) is 30.5 Å². The fraction of sp³-hybridized carbons (Fsp3) is 0.364. The molecule has 10 nitrogen and oxygen atoms in total. The van der Waals surface area contributed by atoms with E-state index in [-0.39, 0.29) is 23.8 Å². The van der Waals surface area contributed by atoms with Gasteiger partial charge in [-0.3, -0.25) is 9.69 Å². The maximum atomic E-state index is 13.0. The van der Waals surface area contributed by atoms with Crippen molar-refractivity contribution in [2.45, 2.75) is 13.8 Å². The Hall–Kier alpha value is -3.66. The molecular formula is C22H27N3O7. The molecule has 1 heterocycles. The van der Waals surface area contributed by atoms with Crippen LogP contribution in [0, 0.1) is 13.8 Å². The summed E-state index contributed by atoms with van der Waals surface area (Å²) in [4.78, 5) is 40.9. The molecule has 0 saturated heterocycles. The molecule has 1 aromatic carbocycles. The second-order valence-electron chi connectivity index (χ2n) is 7.19. The number of benzene rings is 1. The average molecular weight is 445 g/mol. The highest BCUT2D eigenvalue weighted by Crippen LogP contribution is 2.36. The predicted octanol–water partition coefficient (Wildman–Crippen LogP) is 1.85. The lowest BCUT2D eigenvalue weighted by Gasteiger charge is -2.20. The van der Waals surface area contributed by atoms with Crippen LogP contribution in [0.5, 0.6) is 11.5 Å². The topological polar surface area (TPSA) is 138 Å². The quantitative estimate of drug-likeness (QED) is 0.392. The number of hydrogen-bond acceptors (Lipinski definition) is 8. The van der Waals surface area contributed by atoms with Crippen molar-refractivity contribution < 1.29 is 34.1 Å². The summed E-state index contributed by atoms with van der Waals surface area (Å²) in [7, 11) is 1.81. The van der Waals surface area contributed by atoms with Crippen molar-refractivity contribution >= 4 is 23.5 Å². The van der Waals surface area contributed by atoms with Gasteiger partial charge >= 0.3 is 11.9 Å². The normalized spacial score (nSPS) is 10.6. The number of likely N-dealkylation sites (N-methyl/N-ethyl adjacent to an activating group) is 1. The summed E-state index contributed by atoms with van der Waals surface area (Å²) in [5.41, 5.74) is 1.37. The van der Waals surface area contributed by atoms with Gasteiger partial charge in [-0.15, -0.1) is 0 Å². The number of carboxylic acid groups (broad SMARTS) is 2. The highest BCUT2D eigenvalue weighted by Gasteiger charge is 2.22. The molecule has 3 N–H and O–H groups in total. The molecule has 172 valence electrons. The Morgan fingerprint density at radius 2 is 1.78 bits per heavy atom. The van der Waals surface area contributed by atoms with Gasteiger partial charge in [-0.05, 0) is 44.7 Å². The number of anilines is 1. The molecule has 0 aliphatic heterocycles. The molecule has 2 rings (SSSR count). The van der Waals surface area contributed by atoms with E-state index in [1.807, 2.05) is 30.1 Å². The van der Waals surface area contributed by atoms with Gasteiger partial charge in [-0.2, -0.15) is 0 Å². The van der Waals surface area contributed by atoms with Gasteiger partial charge in [0.2, 0.25) is 0 Å². The van der Waals surface area contributed by atoms with Gasteiger partial charge in [0.15, 0.2) is 30.5 Å². The molecule has 0 spiro atoms. The van der Waals surface area contributed by atoms with E-state index in [1.165, 1.54) is 6.07 Å². The molecule has 0 unspecified atom stereocenters. The standard InChI is InChI=1S/C22H27N3O7/c1-14-10-17(31-12-19(27)28)22(32-13-20(29)30)15(2)21(14)16(26)11-25(3)9-8-24-18-6-4-5-7-23-18/h4-7,10H,8-9,11-13H2,1-3H3,(H,23,24)(H,27,28)(H,29,30). The van der Waals surface area contributed by atoms with Crippen molar-refractivity contribution in [3.63, 3.8) is 0 Å². The number of carboxylic acids is 2. The Kier molecular flexibility index (Phi) is 8.96. The summed E-state index contributed by atoms with van der Waals surface area (Å²) in [6.45, 7) is 3.35. The molecular weight excluding hydrogens is 418 g/mol. The van der Waals surface area contributed by atoms with Crippen molar-refractivity contribution in [2.24, 2.45) is 0 Å². The zero-order valence-corrected chi connectivity index (χ0v) is 18.3. The molecule has 0 bridgehead atoms. The second kappa shape index (κ2) is 11.7. The van der Waals surface area contributed by atoms with Crippen LogP contribution in [0.4, 0.5) is 5.82 Å². The van der Waals surface area contributed by atoms with Crippen molar-refractivity contribution in [2.75, 3.05) is 45.2 Å². The fourth-order valence-corrected chi connectivity index (χ4v) is 3.16. The van der Waals surface area contributed by atoms with Gasteiger partial charge in [0.1, 0.15) is 5.82 Å². The molecule has 2 aromatic rings. The Morgan fingerprint density at radius 1 is 1.09 bits per heavy atom. The number of Topliss-reactive ketones (excluding diaryl/α,β-unsaturated/α-hetero) is 1. The first kappa shape index (κ1) is 24.6. The Bertz CT molecular complexity index is 964. The lowest BCUT2D eigenvalue weighted by Crippen LogP contribution is -2.31. The fourth-order valence-electron chi connectivity index (χ4n) is 3.16. The van der Waals surface area contributed by atoms with Crippen LogP contribution < -0.4 is 14.8 Å². The van der Waals surface area contributed by atoms with Crippen LogP contribution >= 0.6 is 0 Å². The number of ether oxygens (including phenoxy) is 2. The Morgan fingerprint density at radius 3 is 2.41 bits per heavy atom. The zero-order valence-electron chi connectivity index (χ0n) is 18.3. The molecule has 0 aliphatic rings. The summed E-state index contributed by atoms with van der Waals surface area (Å²) in [6.07, 6.45) is 1.69. The molecule has 10 heteroatoms. The summed E-state index contributed by atoms with van der Waals surface area (Å²) in [6, 6.07) is 7.04. The van der Waals surface area contributed by atoms with Crippen LogP contribution in [-0.4, -0.2) is 77.7 Å². The van der Waals surface area contributed by atoms with E-state index in [0.29, 0.717) is 29.8 Å². The number of hydrogen-bond donors (Lipinski definition) is 3. The molecule has 0 aliphatic carbocycles.